The zero-order chi connectivity index (χ0) is 79.1. The Balaban J connectivity index is 0.000000343. The largest absolute Gasteiger partial charge is 0.344 e. The standard InChI is InChI=1S/2C25H19N.C18H14.C13H10.2C3H9N.8C2H6/c2*1-26-24-13-6-5-12-22(24)23-15-14-21(17-25(23)26)20-11-7-10-19(16-20)18-8-3-2-4-9-18;1-3-8-15(9-4-1)17-12-7-13-18(14-17)16-10-5-2-6-11-16;1-3-7-12-10(5-1)9-11-6-2-4-8-13(11)12;2*1-4(2)3;8*1-2/h2*2-17H,1H3;1-14H;1-8H,9H2;2*1-3H3;8*1-2H3. The summed E-state index contributed by atoms with van der Waals surface area (Å²) in [6, 6.07) is 116. The summed E-state index contributed by atoms with van der Waals surface area (Å²) in [7, 11) is 16.3. The van der Waals surface area contributed by atoms with Gasteiger partial charge in [-0.05, 0) is 180 Å². The molecule has 0 N–H and O–H groups in total. The van der Waals surface area contributed by atoms with Crippen LogP contribution in [0.5, 0.6) is 0 Å². The molecule has 560 valence electrons. The van der Waals surface area contributed by atoms with E-state index in [1.54, 1.807) is 0 Å². The first-order chi connectivity index (χ1) is 52.5. The summed E-state index contributed by atoms with van der Waals surface area (Å²) in [6.45, 7) is 32.0. The maximum atomic E-state index is 2.30. The second-order valence-electron chi connectivity index (χ2n) is 24.0. The lowest BCUT2D eigenvalue weighted by Gasteiger charge is -2.07. The van der Waals surface area contributed by atoms with Crippen molar-refractivity contribution in [2.75, 3.05) is 42.3 Å². The molecule has 1 aliphatic carbocycles. The molecule has 107 heavy (non-hydrogen) atoms. The molecule has 16 rings (SSSR count). The summed E-state index contributed by atoms with van der Waals surface area (Å²) < 4.78 is 4.57. The molecule has 0 atom stereocenters. The summed E-state index contributed by atoms with van der Waals surface area (Å²) in [5.41, 5.74) is 25.9. The fourth-order valence-electron chi connectivity index (χ4n) is 11.9. The first kappa shape index (κ1) is 90.6. The van der Waals surface area contributed by atoms with Crippen molar-refractivity contribution in [1.29, 1.82) is 0 Å². The smallest absolute Gasteiger partial charge is 0.0494 e. The summed E-state index contributed by atoms with van der Waals surface area (Å²) in [5, 5.41) is 5.25. The maximum Gasteiger partial charge on any atom is 0.0494 e. The molecular formula is C103H128N4. The zero-order valence-electron chi connectivity index (χ0n) is 69.7. The molecule has 4 heteroatoms. The van der Waals surface area contributed by atoms with Gasteiger partial charge in [-0.1, -0.05) is 396 Å². The van der Waals surface area contributed by atoms with Crippen LogP contribution in [0.15, 0.2) is 328 Å². The highest BCUT2D eigenvalue weighted by atomic mass is 15.0. The van der Waals surface area contributed by atoms with Gasteiger partial charge >= 0.3 is 0 Å². The van der Waals surface area contributed by atoms with Crippen LogP contribution in [0.3, 0.4) is 0 Å². The molecular weight excluding hydrogens is 1290 g/mol. The predicted molar refractivity (Wildman–Crippen MR) is 485 cm³/mol. The normalized spacial score (nSPS) is 9.81. The van der Waals surface area contributed by atoms with Gasteiger partial charge in [-0.3, -0.25) is 0 Å². The van der Waals surface area contributed by atoms with E-state index < -0.39 is 0 Å². The second kappa shape index (κ2) is 51.5. The van der Waals surface area contributed by atoms with Crippen molar-refractivity contribution in [3.63, 3.8) is 0 Å². The second-order valence-corrected chi connectivity index (χ2v) is 24.0. The third-order valence-electron chi connectivity index (χ3n) is 16.2. The van der Waals surface area contributed by atoms with E-state index in [1.165, 1.54) is 133 Å². The first-order valence-electron chi connectivity index (χ1n) is 39.3. The summed E-state index contributed by atoms with van der Waals surface area (Å²) in [6.07, 6.45) is 1.10. The minimum absolute atomic E-state index is 1.10. The van der Waals surface area contributed by atoms with E-state index in [0.717, 1.165) is 6.42 Å². The fraction of sp³-hybridized carbons (Fsp3) is 0.243. The Morgan fingerprint density at radius 3 is 0.654 bits per heavy atom. The lowest BCUT2D eigenvalue weighted by Crippen LogP contribution is -1.99. The molecule has 0 spiro atoms. The van der Waals surface area contributed by atoms with Gasteiger partial charge in [-0.15, -0.1) is 0 Å². The zero-order valence-corrected chi connectivity index (χ0v) is 69.7. The Labute approximate surface area is 648 Å². The number of benzene rings is 13. The molecule has 0 saturated carbocycles. The predicted octanol–water partition coefficient (Wildman–Crippen LogP) is 30.2. The Hall–Kier alpha value is -10.6. The number of nitrogens with zero attached hydrogens (tertiary/aromatic N) is 4. The van der Waals surface area contributed by atoms with Gasteiger partial charge in [0, 0.05) is 57.7 Å². The molecule has 15 aromatic rings. The van der Waals surface area contributed by atoms with Crippen LogP contribution in [0.1, 0.15) is 122 Å². The van der Waals surface area contributed by atoms with Gasteiger partial charge in [-0.2, -0.15) is 0 Å². The van der Waals surface area contributed by atoms with E-state index >= 15 is 0 Å². The van der Waals surface area contributed by atoms with Crippen LogP contribution in [0, 0.1) is 0 Å². The molecule has 0 aliphatic heterocycles. The van der Waals surface area contributed by atoms with Crippen molar-refractivity contribution in [2.45, 2.75) is 117 Å². The number of para-hydroxylation sites is 2. The lowest BCUT2D eigenvalue weighted by atomic mass is 9.98. The number of hydrogen-bond acceptors (Lipinski definition) is 2. The van der Waals surface area contributed by atoms with Crippen molar-refractivity contribution in [1.82, 2.24) is 18.9 Å². The Kier molecular flexibility index (Phi) is 43.6. The number of aromatic nitrogens is 2. The van der Waals surface area contributed by atoms with Gasteiger partial charge in [0.1, 0.15) is 0 Å². The van der Waals surface area contributed by atoms with Crippen LogP contribution >= 0.6 is 0 Å². The molecule has 0 bridgehead atoms. The van der Waals surface area contributed by atoms with Gasteiger partial charge in [-0.25, -0.2) is 0 Å². The summed E-state index contributed by atoms with van der Waals surface area (Å²) in [5.74, 6) is 0. The van der Waals surface area contributed by atoms with E-state index in [1.807, 2.05) is 175 Å². The Bertz CT molecular complexity index is 4520. The number of fused-ring (bicyclic) bond motifs is 9. The minimum Gasteiger partial charge on any atom is -0.344 e. The topological polar surface area (TPSA) is 16.3 Å². The van der Waals surface area contributed by atoms with Crippen LogP contribution in [-0.4, -0.2) is 61.2 Å². The van der Waals surface area contributed by atoms with E-state index in [-0.39, 0.29) is 0 Å². The van der Waals surface area contributed by atoms with Crippen LogP contribution in [-0.2, 0) is 20.5 Å². The number of rotatable bonds is 6. The third kappa shape index (κ3) is 26.4. The third-order valence-corrected chi connectivity index (χ3v) is 16.2. The van der Waals surface area contributed by atoms with E-state index in [4.69, 9.17) is 0 Å². The average molecular weight is 1420 g/mol. The number of aryl methyl sites for hydroxylation is 2. The molecule has 4 nitrogen and oxygen atoms in total. The Morgan fingerprint density at radius 1 is 0.187 bits per heavy atom. The van der Waals surface area contributed by atoms with Gasteiger partial charge in [0.05, 0.1) is 0 Å². The quantitative estimate of drug-likeness (QED) is 0.165. The van der Waals surface area contributed by atoms with Crippen molar-refractivity contribution in [2.24, 2.45) is 14.1 Å². The molecule has 2 aromatic heterocycles. The van der Waals surface area contributed by atoms with Crippen LogP contribution in [0.4, 0.5) is 0 Å². The summed E-state index contributed by atoms with van der Waals surface area (Å²) in [4.78, 5) is 4.00. The number of hydrogen-bond donors (Lipinski definition) is 0. The van der Waals surface area contributed by atoms with Crippen LogP contribution in [0.25, 0.3) is 122 Å². The Morgan fingerprint density at radius 2 is 0.383 bits per heavy atom. The van der Waals surface area contributed by atoms with Crippen molar-refractivity contribution < 1.29 is 0 Å². The molecule has 0 radical (unpaired) electrons. The van der Waals surface area contributed by atoms with Gasteiger partial charge < -0.3 is 18.9 Å². The molecule has 0 amide bonds. The van der Waals surface area contributed by atoms with Gasteiger partial charge in [0.2, 0.25) is 0 Å². The van der Waals surface area contributed by atoms with Crippen molar-refractivity contribution in [3.05, 3.63) is 339 Å². The van der Waals surface area contributed by atoms with Crippen LogP contribution in [0.2, 0.25) is 0 Å². The molecule has 2 heterocycles. The van der Waals surface area contributed by atoms with Crippen molar-refractivity contribution >= 4 is 43.6 Å². The highest BCUT2D eigenvalue weighted by molar-refractivity contribution is 6.10. The summed E-state index contributed by atoms with van der Waals surface area (Å²) >= 11 is 0. The average Bonchev–Trinajstić information content (AvgIpc) is 1.63. The van der Waals surface area contributed by atoms with E-state index in [9.17, 15) is 0 Å². The SMILES string of the molecule is CC.CC.CC.CC.CC.CC.CC.CC.CN(C)C.CN(C)C.Cn1c2ccccc2c2ccc(-c3cccc(-c4ccccc4)c3)cc21.Cn1c2ccccc2c2ccc(-c3cccc(-c4ccccc4)c3)cc21.c1ccc(-c2cccc(-c3ccccc3)c2)cc1.c1ccc2c(c1)Cc1ccccc1-2. The highest BCUT2D eigenvalue weighted by Gasteiger charge is 2.16. The molecule has 0 unspecified atom stereocenters. The van der Waals surface area contributed by atoms with Crippen LogP contribution < -0.4 is 0 Å². The molecule has 0 saturated heterocycles. The first-order valence-corrected chi connectivity index (χ1v) is 39.3. The molecule has 1 aliphatic rings. The fourth-order valence-corrected chi connectivity index (χ4v) is 11.9. The maximum absolute atomic E-state index is 2.30. The lowest BCUT2D eigenvalue weighted by molar-refractivity contribution is 0.505. The van der Waals surface area contributed by atoms with Gasteiger partial charge in [0.15, 0.2) is 0 Å². The monoisotopic (exact) mass is 1420 g/mol. The van der Waals surface area contributed by atoms with E-state index in [0.29, 0.717) is 0 Å². The molecule has 13 aromatic carbocycles. The van der Waals surface area contributed by atoms with Crippen molar-refractivity contribution in [3.8, 4) is 77.9 Å². The highest BCUT2D eigenvalue weighted by Crippen LogP contribution is 2.38. The van der Waals surface area contributed by atoms with E-state index in [2.05, 4.69) is 339 Å². The van der Waals surface area contributed by atoms with Gasteiger partial charge in [0.25, 0.3) is 0 Å². The molecule has 0 fully saturated rings. The minimum atomic E-state index is 1.10.